The van der Waals surface area contributed by atoms with E-state index in [9.17, 15) is 13.2 Å². The Bertz CT molecular complexity index is 534. The Kier molecular flexibility index (Phi) is 13.3. The Balaban J connectivity index is 0.00000625. The number of rotatable bonds is 9. The van der Waals surface area contributed by atoms with Crippen molar-refractivity contribution in [1.29, 1.82) is 0 Å². The predicted octanol–water partition coefficient (Wildman–Crippen LogP) is 1.82. The number of carbonyl (C=O) groups excluding carboxylic acids is 1. The smallest absolute Gasteiger partial charge is 0.222 e. The van der Waals surface area contributed by atoms with Crippen LogP contribution in [0.4, 0.5) is 0 Å². The van der Waals surface area contributed by atoms with E-state index in [1.165, 1.54) is 25.5 Å². The van der Waals surface area contributed by atoms with Crippen LogP contribution in [-0.4, -0.2) is 57.5 Å². The van der Waals surface area contributed by atoms with E-state index in [0.717, 1.165) is 12.8 Å². The second kappa shape index (κ2) is 13.6. The topological polar surface area (TPSA) is 99.7 Å². The first kappa shape index (κ1) is 25.4. The highest BCUT2D eigenvalue weighted by atomic mass is 127. The summed E-state index contributed by atoms with van der Waals surface area (Å²) in [4.78, 5) is 16.4. The van der Waals surface area contributed by atoms with Crippen molar-refractivity contribution in [3.05, 3.63) is 0 Å². The number of hydrogen-bond donors (Lipinski definition) is 3. The number of sulfone groups is 1. The summed E-state index contributed by atoms with van der Waals surface area (Å²) in [7, 11) is -2.96. The Morgan fingerprint density at radius 3 is 2.46 bits per heavy atom. The third-order valence-electron chi connectivity index (χ3n) is 4.23. The van der Waals surface area contributed by atoms with E-state index in [4.69, 9.17) is 0 Å². The molecule has 0 spiro atoms. The van der Waals surface area contributed by atoms with E-state index in [-0.39, 0.29) is 41.7 Å². The highest BCUT2D eigenvalue weighted by Crippen LogP contribution is 2.17. The van der Waals surface area contributed by atoms with Crippen molar-refractivity contribution in [1.82, 2.24) is 16.0 Å². The molecule has 1 saturated carbocycles. The number of nitrogens with zero attached hydrogens (tertiary/aromatic N) is 1. The molecule has 1 aliphatic rings. The summed E-state index contributed by atoms with van der Waals surface area (Å²) in [5, 5.41) is 9.40. The van der Waals surface area contributed by atoms with Gasteiger partial charge in [0.15, 0.2) is 5.96 Å². The number of nitrogens with one attached hydrogen (secondary N) is 3. The maximum atomic E-state index is 12.0. The quantitative estimate of drug-likeness (QED) is 0.254. The van der Waals surface area contributed by atoms with Crippen LogP contribution in [0, 0.1) is 0 Å². The summed E-state index contributed by atoms with van der Waals surface area (Å²) in [6.45, 7) is 5.01. The lowest BCUT2D eigenvalue weighted by Crippen LogP contribution is -2.43. The minimum Gasteiger partial charge on any atom is -0.357 e. The molecule has 0 radical (unpaired) electrons. The molecular weight excluding hydrogens is 467 g/mol. The summed E-state index contributed by atoms with van der Waals surface area (Å²) in [5.41, 5.74) is 0. The van der Waals surface area contributed by atoms with Gasteiger partial charge in [-0.3, -0.25) is 9.79 Å². The normalized spacial score (nSPS) is 17.1. The number of halogens is 1. The Labute approximate surface area is 175 Å². The fourth-order valence-corrected chi connectivity index (χ4v) is 3.61. The molecule has 0 aromatic carbocycles. The second-order valence-corrected chi connectivity index (χ2v) is 9.14. The van der Waals surface area contributed by atoms with Crippen LogP contribution in [0.2, 0.25) is 0 Å². The third-order valence-corrected chi connectivity index (χ3v) is 5.21. The van der Waals surface area contributed by atoms with Crippen LogP contribution in [0.5, 0.6) is 0 Å². The van der Waals surface area contributed by atoms with Gasteiger partial charge in [0.1, 0.15) is 9.84 Å². The lowest BCUT2D eigenvalue weighted by atomic mass is 9.95. The minimum atomic E-state index is -2.96. The molecule has 7 nitrogen and oxygen atoms in total. The van der Waals surface area contributed by atoms with Gasteiger partial charge in [-0.25, -0.2) is 8.42 Å². The van der Waals surface area contributed by atoms with Crippen molar-refractivity contribution in [3.8, 4) is 0 Å². The second-order valence-electron chi connectivity index (χ2n) is 6.88. The molecule has 154 valence electrons. The zero-order valence-corrected chi connectivity index (χ0v) is 19.4. The van der Waals surface area contributed by atoms with Gasteiger partial charge in [0.2, 0.25) is 5.91 Å². The molecule has 1 atom stereocenters. The molecule has 0 aliphatic heterocycles. The van der Waals surface area contributed by atoms with E-state index < -0.39 is 9.84 Å². The fraction of sp³-hybridized carbons (Fsp3) is 0.882. The SMILES string of the molecule is CCNC(=NCCC(=O)NC1CCCCC1)NC(C)CCS(C)(=O)=O.I. The lowest BCUT2D eigenvalue weighted by molar-refractivity contribution is -0.121. The maximum Gasteiger partial charge on any atom is 0.222 e. The van der Waals surface area contributed by atoms with Crippen molar-refractivity contribution in [2.75, 3.05) is 25.1 Å². The van der Waals surface area contributed by atoms with Gasteiger partial charge in [0.25, 0.3) is 0 Å². The molecule has 0 heterocycles. The molecule has 0 aromatic heterocycles. The Hall–Kier alpha value is -0.580. The largest absolute Gasteiger partial charge is 0.357 e. The number of amides is 1. The predicted molar refractivity (Wildman–Crippen MR) is 118 cm³/mol. The molecule has 3 N–H and O–H groups in total. The monoisotopic (exact) mass is 502 g/mol. The van der Waals surface area contributed by atoms with Crippen molar-refractivity contribution in [3.63, 3.8) is 0 Å². The molecule has 0 aromatic rings. The van der Waals surface area contributed by atoms with E-state index >= 15 is 0 Å². The van der Waals surface area contributed by atoms with Crippen LogP contribution < -0.4 is 16.0 Å². The molecule has 1 fully saturated rings. The number of carbonyl (C=O) groups is 1. The van der Waals surface area contributed by atoms with Gasteiger partial charge in [0, 0.05) is 31.3 Å². The molecule has 0 saturated heterocycles. The van der Waals surface area contributed by atoms with Crippen LogP contribution in [0.1, 0.15) is 58.8 Å². The Morgan fingerprint density at radius 2 is 1.88 bits per heavy atom. The fourth-order valence-electron chi connectivity index (χ4n) is 2.83. The van der Waals surface area contributed by atoms with Gasteiger partial charge in [-0.15, -0.1) is 24.0 Å². The zero-order chi connectivity index (χ0) is 18.7. The van der Waals surface area contributed by atoms with Crippen molar-refractivity contribution >= 4 is 45.7 Å². The summed E-state index contributed by atoms with van der Waals surface area (Å²) in [6.07, 6.45) is 7.95. The highest BCUT2D eigenvalue weighted by molar-refractivity contribution is 14.0. The number of aliphatic imine (C=N–C) groups is 1. The number of guanidine groups is 1. The maximum absolute atomic E-state index is 12.0. The first-order valence-corrected chi connectivity index (χ1v) is 11.4. The van der Waals surface area contributed by atoms with Crippen LogP contribution >= 0.6 is 24.0 Å². The summed E-state index contributed by atoms with van der Waals surface area (Å²) >= 11 is 0. The molecular formula is C17H35IN4O3S. The van der Waals surface area contributed by atoms with Crippen molar-refractivity contribution in [2.45, 2.75) is 70.9 Å². The summed E-state index contributed by atoms with van der Waals surface area (Å²) in [5.74, 6) is 0.815. The molecule has 1 aliphatic carbocycles. The van der Waals surface area contributed by atoms with Crippen molar-refractivity contribution in [2.24, 2.45) is 4.99 Å². The average Bonchev–Trinajstić information content (AvgIpc) is 2.53. The zero-order valence-electron chi connectivity index (χ0n) is 16.2. The molecule has 26 heavy (non-hydrogen) atoms. The minimum absolute atomic E-state index is 0. The average molecular weight is 502 g/mol. The van der Waals surface area contributed by atoms with Gasteiger partial charge in [-0.1, -0.05) is 19.3 Å². The van der Waals surface area contributed by atoms with Crippen LogP contribution in [0.3, 0.4) is 0 Å². The van der Waals surface area contributed by atoms with Gasteiger partial charge < -0.3 is 16.0 Å². The van der Waals surface area contributed by atoms with E-state index in [0.29, 0.717) is 37.9 Å². The van der Waals surface area contributed by atoms with Crippen LogP contribution in [-0.2, 0) is 14.6 Å². The van der Waals surface area contributed by atoms with Gasteiger partial charge in [-0.2, -0.15) is 0 Å². The first-order valence-electron chi connectivity index (χ1n) is 9.32. The van der Waals surface area contributed by atoms with E-state index in [1.807, 2.05) is 13.8 Å². The van der Waals surface area contributed by atoms with Crippen molar-refractivity contribution < 1.29 is 13.2 Å². The molecule has 1 amide bonds. The third kappa shape index (κ3) is 12.7. The molecule has 1 rings (SSSR count). The standard InChI is InChI=1S/C17H34N4O3S.HI/c1-4-18-17(20-14(2)11-13-25(3,23)24)19-12-10-16(22)21-15-8-6-5-7-9-15;/h14-15H,4-13H2,1-3H3,(H,21,22)(H2,18,19,20);1H. The van der Waals surface area contributed by atoms with Gasteiger partial charge in [0.05, 0.1) is 12.3 Å². The lowest BCUT2D eigenvalue weighted by Gasteiger charge is -2.22. The van der Waals surface area contributed by atoms with Gasteiger partial charge in [-0.05, 0) is 33.1 Å². The molecule has 1 unspecified atom stereocenters. The van der Waals surface area contributed by atoms with Crippen LogP contribution in [0.15, 0.2) is 4.99 Å². The first-order chi connectivity index (χ1) is 11.8. The van der Waals surface area contributed by atoms with E-state index in [1.54, 1.807) is 0 Å². The highest BCUT2D eigenvalue weighted by Gasteiger charge is 2.15. The van der Waals surface area contributed by atoms with E-state index in [2.05, 4.69) is 20.9 Å². The molecule has 9 heteroatoms. The Morgan fingerprint density at radius 1 is 1.23 bits per heavy atom. The summed E-state index contributed by atoms with van der Waals surface area (Å²) in [6, 6.07) is 0.316. The molecule has 0 bridgehead atoms. The number of hydrogen-bond acceptors (Lipinski definition) is 4. The van der Waals surface area contributed by atoms with Gasteiger partial charge >= 0.3 is 0 Å². The van der Waals surface area contributed by atoms with Crippen LogP contribution in [0.25, 0.3) is 0 Å². The summed E-state index contributed by atoms with van der Waals surface area (Å²) < 4.78 is 22.5.